The molecule has 0 spiro atoms. The number of carboxylic acids is 1. The Kier molecular flexibility index (Phi) is 6.48. The molecule has 0 bridgehead atoms. The number of benzene rings is 3. The maximum atomic E-state index is 11.0. The predicted molar refractivity (Wildman–Crippen MR) is 146 cm³/mol. The van der Waals surface area contributed by atoms with Crippen LogP contribution in [0.2, 0.25) is 0 Å². The van der Waals surface area contributed by atoms with Gasteiger partial charge < -0.3 is 10.2 Å². The topological polar surface area (TPSA) is 70.4 Å². The van der Waals surface area contributed by atoms with Crippen molar-refractivity contribution in [2.24, 2.45) is 0 Å². The normalized spacial score (nSPS) is 14.5. The van der Waals surface area contributed by atoms with Crippen molar-refractivity contribution in [1.29, 1.82) is 0 Å². The summed E-state index contributed by atoms with van der Waals surface area (Å²) in [6.45, 7) is 4.43. The molecule has 1 aliphatic carbocycles. The molecule has 4 heteroatoms. The van der Waals surface area contributed by atoms with Crippen LogP contribution in [0, 0.1) is 11.8 Å². The summed E-state index contributed by atoms with van der Waals surface area (Å²) in [5, 5.41) is 19.9. The van der Waals surface area contributed by atoms with E-state index in [1.807, 2.05) is 24.3 Å². The van der Waals surface area contributed by atoms with Crippen LogP contribution in [0.5, 0.6) is 0 Å². The van der Waals surface area contributed by atoms with Crippen LogP contribution in [0.1, 0.15) is 64.5 Å². The van der Waals surface area contributed by atoms with Crippen LogP contribution >= 0.6 is 0 Å². The third kappa shape index (κ3) is 5.09. The number of aliphatic hydroxyl groups is 1. The molecule has 4 aromatic rings. The second-order valence-corrected chi connectivity index (χ2v) is 9.86. The van der Waals surface area contributed by atoms with Crippen LogP contribution in [0.3, 0.4) is 0 Å². The van der Waals surface area contributed by atoms with Crippen LogP contribution in [0.25, 0.3) is 16.8 Å². The summed E-state index contributed by atoms with van der Waals surface area (Å²) >= 11 is 0. The summed E-state index contributed by atoms with van der Waals surface area (Å²) in [6, 6.07) is 26.8. The highest BCUT2D eigenvalue weighted by Crippen LogP contribution is 2.42. The van der Waals surface area contributed by atoms with E-state index in [4.69, 9.17) is 5.11 Å². The molecule has 3 aromatic carbocycles. The quantitative estimate of drug-likeness (QED) is 0.318. The van der Waals surface area contributed by atoms with Crippen molar-refractivity contribution in [1.82, 2.24) is 4.98 Å². The van der Waals surface area contributed by atoms with Gasteiger partial charge in [0.1, 0.15) is 6.10 Å². The summed E-state index contributed by atoms with van der Waals surface area (Å²) in [4.78, 5) is 15.5. The van der Waals surface area contributed by atoms with E-state index in [0.717, 1.165) is 34.4 Å². The van der Waals surface area contributed by atoms with Crippen LogP contribution in [-0.4, -0.2) is 21.2 Å². The van der Waals surface area contributed by atoms with Crippen molar-refractivity contribution in [3.63, 3.8) is 0 Å². The van der Waals surface area contributed by atoms with Crippen molar-refractivity contribution in [3.8, 4) is 23.1 Å². The SMILES string of the molecule is CC1(C)CC=C(c2ccc(-c3ccccn3)cc2)c2ccc(C(O)C#Cc3ccc(C(=O)O)cc3)cc21. The number of carboxylic acid groups (broad SMARTS) is 1. The van der Waals surface area contributed by atoms with Crippen LogP contribution in [0.4, 0.5) is 0 Å². The number of pyridine rings is 1. The Morgan fingerprint density at radius 1 is 0.946 bits per heavy atom. The number of aliphatic hydroxyl groups excluding tert-OH is 1. The second kappa shape index (κ2) is 9.89. The summed E-state index contributed by atoms with van der Waals surface area (Å²) in [5.74, 6) is 4.88. The lowest BCUT2D eigenvalue weighted by atomic mass is 9.71. The third-order valence-electron chi connectivity index (χ3n) is 6.84. The minimum Gasteiger partial charge on any atom is -0.478 e. The van der Waals surface area contributed by atoms with Crippen LogP contribution in [-0.2, 0) is 5.41 Å². The molecule has 1 atom stereocenters. The number of nitrogens with zero attached hydrogens (tertiary/aromatic N) is 1. The van der Waals surface area contributed by atoms with Gasteiger partial charge >= 0.3 is 5.97 Å². The zero-order chi connectivity index (χ0) is 26.0. The Bertz CT molecular complexity index is 1540. The Labute approximate surface area is 217 Å². The van der Waals surface area contributed by atoms with Gasteiger partial charge in [0.25, 0.3) is 0 Å². The Hall–Kier alpha value is -4.46. The highest BCUT2D eigenvalue weighted by molar-refractivity contribution is 5.87. The minimum atomic E-state index is -0.978. The molecule has 5 rings (SSSR count). The first-order valence-corrected chi connectivity index (χ1v) is 12.2. The summed E-state index contributed by atoms with van der Waals surface area (Å²) < 4.78 is 0. The molecule has 0 aliphatic heterocycles. The molecule has 1 aromatic heterocycles. The molecule has 4 nitrogen and oxygen atoms in total. The first kappa shape index (κ1) is 24.2. The maximum Gasteiger partial charge on any atom is 0.335 e. The molecule has 0 saturated heterocycles. The van der Waals surface area contributed by atoms with Gasteiger partial charge in [-0.25, -0.2) is 4.79 Å². The number of fused-ring (bicyclic) bond motifs is 1. The number of aromatic carboxylic acids is 1. The first-order valence-electron chi connectivity index (χ1n) is 12.2. The zero-order valence-corrected chi connectivity index (χ0v) is 20.8. The molecule has 1 aliphatic rings. The fourth-order valence-corrected chi connectivity index (χ4v) is 4.66. The molecule has 1 heterocycles. The number of rotatable bonds is 4. The van der Waals surface area contributed by atoms with Gasteiger partial charge in [0.2, 0.25) is 0 Å². The molecular formula is C33H27NO3. The van der Waals surface area contributed by atoms with E-state index in [1.54, 1.807) is 18.3 Å². The zero-order valence-electron chi connectivity index (χ0n) is 20.8. The van der Waals surface area contributed by atoms with Crippen molar-refractivity contribution in [2.45, 2.75) is 31.8 Å². The van der Waals surface area contributed by atoms with E-state index in [2.05, 4.69) is 73.1 Å². The number of carbonyl (C=O) groups is 1. The molecule has 0 amide bonds. The summed E-state index contributed by atoms with van der Waals surface area (Å²) in [7, 11) is 0. The van der Waals surface area contributed by atoms with Gasteiger partial charge in [-0.15, -0.1) is 0 Å². The molecular weight excluding hydrogens is 458 g/mol. The molecule has 0 fully saturated rings. The lowest BCUT2D eigenvalue weighted by molar-refractivity contribution is 0.0697. The van der Waals surface area contributed by atoms with Gasteiger partial charge in [-0.2, -0.15) is 0 Å². The highest BCUT2D eigenvalue weighted by atomic mass is 16.4. The lowest BCUT2D eigenvalue weighted by Crippen LogP contribution is -2.22. The first-order chi connectivity index (χ1) is 17.8. The maximum absolute atomic E-state index is 11.0. The Balaban J connectivity index is 1.42. The minimum absolute atomic E-state index is 0.0808. The van der Waals surface area contributed by atoms with E-state index in [0.29, 0.717) is 5.56 Å². The summed E-state index contributed by atoms with van der Waals surface area (Å²) in [6.07, 6.45) is 4.04. The molecule has 37 heavy (non-hydrogen) atoms. The lowest BCUT2D eigenvalue weighted by Gasteiger charge is -2.33. The van der Waals surface area contributed by atoms with Crippen molar-refractivity contribution < 1.29 is 15.0 Å². The smallest absolute Gasteiger partial charge is 0.335 e. The van der Waals surface area contributed by atoms with E-state index >= 15 is 0 Å². The molecule has 2 N–H and O–H groups in total. The van der Waals surface area contributed by atoms with Crippen LogP contribution in [0.15, 0.2) is 97.2 Å². The van der Waals surface area contributed by atoms with Gasteiger partial charge in [-0.3, -0.25) is 4.98 Å². The third-order valence-corrected chi connectivity index (χ3v) is 6.84. The van der Waals surface area contributed by atoms with Crippen molar-refractivity contribution >= 4 is 11.5 Å². The molecule has 0 radical (unpaired) electrons. The van der Waals surface area contributed by atoms with Gasteiger partial charge in [-0.1, -0.05) is 80.3 Å². The number of hydrogen-bond acceptors (Lipinski definition) is 3. The van der Waals surface area contributed by atoms with Gasteiger partial charge in [0.15, 0.2) is 0 Å². The van der Waals surface area contributed by atoms with Gasteiger partial charge in [0.05, 0.1) is 11.3 Å². The van der Waals surface area contributed by atoms with Crippen molar-refractivity contribution in [2.75, 3.05) is 0 Å². The predicted octanol–water partition coefficient (Wildman–Crippen LogP) is 6.64. The Morgan fingerprint density at radius 3 is 2.35 bits per heavy atom. The van der Waals surface area contributed by atoms with Crippen molar-refractivity contribution in [3.05, 3.63) is 131 Å². The van der Waals surface area contributed by atoms with Gasteiger partial charge in [-0.05, 0) is 76.1 Å². The highest BCUT2D eigenvalue weighted by Gasteiger charge is 2.29. The second-order valence-electron chi connectivity index (χ2n) is 9.86. The number of hydrogen-bond donors (Lipinski definition) is 2. The van der Waals surface area contributed by atoms with Crippen LogP contribution < -0.4 is 0 Å². The summed E-state index contributed by atoms with van der Waals surface area (Å²) in [5.41, 5.74) is 8.23. The number of aromatic nitrogens is 1. The molecule has 182 valence electrons. The molecule has 1 unspecified atom stereocenters. The standard InChI is InChI=1S/C33H27NO3/c1-33(2)19-18-27(23-11-13-24(14-12-23)30-5-3-4-20-34-30)28-16-15-26(21-29(28)33)31(35)17-8-22-6-9-25(10-7-22)32(36)37/h3-7,9-16,18,20-21,31,35H,19H2,1-2H3,(H,36,37). The average molecular weight is 486 g/mol. The van der Waals surface area contributed by atoms with Gasteiger partial charge in [0, 0.05) is 17.3 Å². The number of allylic oxidation sites excluding steroid dienone is 1. The monoisotopic (exact) mass is 485 g/mol. The van der Waals surface area contributed by atoms with E-state index in [1.165, 1.54) is 23.3 Å². The Morgan fingerprint density at radius 2 is 1.68 bits per heavy atom. The van der Waals surface area contributed by atoms with E-state index in [9.17, 15) is 9.90 Å². The van der Waals surface area contributed by atoms with E-state index < -0.39 is 12.1 Å². The largest absolute Gasteiger partial charge is 0.478 e. The average Bonchev–Trinajstić information content (AvgIpc) is 2.92. The molecule has 0 saturated carbocycles. The van der Waals surface area contributed by atoms with E-state index in [-0.39, 0.29) is 11.0 Å². The fourth-order valence-electron chi connectivity index (χ4n) is 4.66. The fraction of sp³-hybridized carbons (Fsp3) is 0.152.